The highest BCUT2D eigenvalue weighted by Gasteiger charge is 2.28. The molecule has 0 saturated carbocycles. The molecule has 1 N–H and O–H groups in total. The van der Waals surface area contributed by atoms with Gasteiger partial charge in [0.15, 0.2) is 0 Å². The maximum absolute atomic E-state index is 13.8. The van der Waals surface area contributed by atoms with Crippen LogP contribution in [0.15, 0.2) is 72.8 Å². The van der Waals surface area contributed by atoms with E-state index in [9.17, 15) is 9.59 Å². The predicted octanol–water partition coefficient (Wildman–Crippen LogP) is 4.65. The Morgan fingerprint density at radius 3 is 2.73 bits per heavy atom. The summed E-state index contributed by atoms with van der Waals surface area (Å²) in [6.07, 6.45) is 4.62. The van der Waals surface area contributed by atoms with Crippen LogP contribution >= 0.6 is 0 Å². The number of benzene rings is 3. The van der Waals surface area contributed by atoms with Crippen LogP contribution in [0.25, 0.3) is 0 Å². The van der Waals surface area contributed by atoms with E-state index in [4.69, 9.17) is 9.47 Å². The van der Waals surface area contributed by atoms with Gasteiger partial charge in [-0.15, -0.1) is 0 Å². The van der Waals surface area contributed by atoms with Crippen LogP contribution in [-0.2, 0) is 17.6 Å². The van der Waals surface area contributed by atoms with Crippen molar-refractivity contribution >= 4 is 11.8 Å². The molecule has 192 valence electrons. The highest BCUT2D eigenvalue weighted by atomic mass is 16.5. The summed E-state index contributed by atoms with van der Waals surface area (Å²) in [4.78, 5) is 28.4. The lowest BCUT2D eigenvalue weighted by Gasteiger charge is -2.36. The molecule has 2 bridgehead atoms. The summed E-state index contributed by atoms with van der Waals surface area (Å²) in [5.74, 6) is 0.698. The van der Waals surface area contributed by atoms with E-state index in [2.05, 4.69) is 34.5 Å². The lowest BCUT2D eigenvalue weighted by Crippen LogP contribution is -2.44. The van der Waals surface area contributed by atoms with Crippen LogP contribution in [0.5, 0.6) is 5.75 Å². The van der Waals surface area contributed by atoms with Crippen molar-refractivity contribution < 1.29 is 19.1 Å². The van der Waals surface area contributed by atoms with Crippen LogP contribution in [0, 0.1) is 0 Å². The number of carbonyl (C=O) groups excluding carboxylic acids is 2. The normalized spacial score (nSPS) is 18.6. The molecule has 1 atom stereocenters. The standard InChI is InChI=1S/C31H34N2O4/c34-30-25-10-6-9-24(19-25)20-27-22-26(12-13-29(27)37-18-17-36-16-14-32-30)31(35)33-15-5-4-11-28(33)21-23-7-2-1-3-8-23/h1-3,6-10,12-13,19,22,28H,4-5,11,14-18,20-21H2,(H,32,34). The molecule has 2 aliphatic rings. The molecule has 5 rings (SSSR count). The lowest BCUT2D eigenvalue weighted by molar-refractivity contribution is 0.0613. The highest BCUT2D eigenvalue weighted by molar-refractivity contribution is 5.95. The van der Waals surface area contributed by atoms with Gasteiger partial charge in [0.1, 0.15) is 12.4 Å². The SMILES string of the molecule is O=C1NCCOCCOc2ccc(C(=O)N3CCCCC3Cc3ccccc3)cc2Cc2cccc1c2. The number of fused-ring (bicyclic) bond motifs is 3. The highest BCUT2D eigenvalue weighted by Crippen LogP contribution is 2.27. The molecule has 3 aromatic rings. The van der Waals surface area contributed by atoms with E-state index in [1.807, 2.05) is 48.5 Å². The summed E-state index contributed by atoms with van der Waals surface area (Å²) in [5, 5.41) is 2.89. The molecule has 6 nitrogen and oxygen atoms in total. The lowest BCUT2D eigenvalue weighted by atomic mass is 9.94. The summed E-state index contributed by atoms with van der Waals surface area (Å²) in [6.45, 7) is 2.48. The third-order valence-corrected chi connectivity index (χ3v) is 7.11. The van der Waals surface area contributed by atoms with Gasteiger partial charge in [-0.3, -0.25) is 9.59 Å². The van der Waals surface area contributed by atoms with Gasteiger partial charge < -0.3 is 19.7 Å². The van der Waals surface area contributed by atoms with Crippen LogP contribution in [0.4, 0.5) is 0 Å². The Kier molecular flexibility index (Phi) is 8.16. The molecule has 2 amide bonds. The minimum Gasteiger partial charge on any atom is -0.491 e. The number of carbonyl (C=O) groups is 2. The summed E-state index contributed by atoms with van der Waals surface area (Å²) in [6, 6.07) is 24.0. The smallest absolute Gasteiger partial charge is 0.254 e. The second kappa shape index (κ2) is 12.1. The summed E-state index contributed by atoms with van der Waals surface area (Å²) in [5.41, 5.74) is 4.47. The zero-order valence-electron chi connectivity index (χ0n) is 21.2. The van der Waals surface area contributed by atoms with Crippen LogP contribution in [-0.4, -0.2) is 55.7 Å². The van der Waals surface area contributed by atoms with Crippen molar-refractivity contribution in [2.24, 2.45) is 0 Å². The number of piperidine rings is 1. The van der Waals surface area contributed by atoms with E-state index in [0.717, 1.165) is 49.1 Å². The average Bonchev–Trinajstić information content (AvgIpc) is 2.93. The summed E-state index contributed by atoms with van der Waals surface area (Å²) >= 11 is 0. The second-order valence-corrected chi connectivity index (χ2v) is 9.75. The van der Waals surface area contributed by atoms with Crippen LogP contribution in [0.1, 0.15) is 56.7 Å². The van der Waals surface area contributed by atoms with Gasteiger partial charge in [0.05, 0.1) is 13.2 Å². The van der Waals surface area contributed by atoms with Crippen molar-refractivity contribution in [3.63, 3.8) is 0 Å². The maximum Gasteiger partial charge on any atom is 0.254 e. The van der Waals surface area contributed by atoms with Gasteiger partial charge in [0.25, 0.3) is 11.8 Å². The minimum atomic E-state index is -0.113. The Balaban J connectivity index is 1.41. The van der Waals surface area contributed by atoms with E-state index in [1.165, 1.54) is 5.56 Å². The van der Waals surface area contributed by atoms with Crippen molar-refractivity contribution in [3.8, 4) is 5.75 Å². The number of nitrogens with zero attached hydrogens (tertiary/aromatic N) is 1. The third-order valence-electron chi connectivity index (χ3n) is 7.11. The topological polar surface area (TPSA) is 67.9 Å². The van der Waals surface area contributed by atoms with Crippen molar-refractivity contribution in [1.29, 1.82) is 0 Å². The maximum atomic E-state index is 13.8. The zero-order valence-corrected chi connectivity index (χ0v) is 21.2. The molecule has 0 radical (unpaired) electrons. The number of hydrogen-bond donors (Lipinski definition) is 1. The molecule has 0 aromatic heterocycles. The molecule has 37 heavy (non-hydrogen) atoms. The first-order valence-electron chi connectivity index (χ1n) is 13.2. The Morgan fingerprint density at radius 2 is 1.84 bits per heavy atom. The quantitative estimate of drug-likeness (QED) is 0.571. The fourth-order valence-electron chi connectivity index (χ4n) is 5.22. The molecule has 1 fully saturated rings. The number of amides is 2. The minimum absolute atomic E-state index is 0.0688. The molecular weight excluding hydrogens is 464 g/mol. The van der Waals surface area contributed by atoms with Crippen molar-refractivity contribution in [1.82, 2.24) is 10.2 Å². The number of nitrogens with one attached hydrogen (secondary N) is 1. The summed E-state index contributed by atoms with van der Waals surface area (Å²) < 4.78 is 11.7. The Morgan fingerprint density at radius 1 is 0.946 bits per heavy atom. The molecule has 2 aliphatic heterocycles. The van der Waals surface area contributed by atoms with E-state index in [0.29, 0.717) is 43.9 Å². The first kappa shape index (κ1) is 25.0. The molecule has 1 unspecified atom stereocenters. The Bertz CT molecular complexity index is 1230. The van der Waals surface area contributed by atoms with Crippen LogP contribution in [0.2, 0.25) is 0 Å². The van der Waals surface area contributed by atoms with Gasteiger partial charge in [-0.2, -0.15) is 0 Å². The number of rotatable bonds is 3. The monoisotopic (exact) mass is 498 g/mol. The summed E-state index contributed by atoms with van der Waals surface area (Å²) in [7, 11) is 0. The largest absolute Gasteiger partial charge is 0.491 e. The number of ether oxygens (including phenoxy) is 2. The first-order chi connectivity index (χ1) is 18.2. The van der Waals surface area contributed by atoms with E-state index in [1.54, 1.807) is 0 Å². The molecular formula is C31H34N2O4. The third kappa shape index (κ3) is 6.38. The van der Waals surface area contributed by atoms with Crippen molar-refractivity contribution in [2.75, 3.05) is 32.9 Å². The molecule has 3 aromatic carbocycles. The van der Waals surface area contributed by atoms with Crippen molar-refractivity contribution in [3.05, 3.63) is 101 Å². The zero-order chi connectivity index (χ0) is 25.5. The number of likely N-dealkylation sites (tertiary alicyclic amines) is 1. The fraction of sp³-hybridized carbons (Fsp3) is 0.355. The molecule has 6 heteroatoms. The van der Waals surface area contributed by atoms with Gasteiger partial charge in [0, 0.05) is 36.7 Å². The van der Waals surface area contributed by atoms with Gasteiger partial charge in [0.2, 0.25) is 0 Å². The van der Waals surface area contributed by atoms with Gasteiger partial charge in [-0.1, -0.05) is 42.5 Å². The van der Waals surface area contributed by atoms with E-state index >= 15 is 0 Å². The Hall–Kier alpha value is -3.64. The Labute approximate surface area is 218 Å². The van der Waals surface area contributed by atoms with Crippen molar-refractivity contribution in [2.45, 2.75) is 38.1 Å². The molecule has 0 aliphatic carbocycles. The van der Waals surface area contributed by atoms with Crippen LogP contribution in [0.3, 0.4) is 0 Å². The fourth-order valence-corrected chi connectivity index (χ4v) is 5.22. The predicted molar refractivity (Wildman–Crippen MR) is 143 cm³/mol. The molecule has 0 spiro atoms. The van der Waals surface area contributed by atoms with Crippen LogP contribution < -0.4 is 10.1 Å². The van der Waals surface area contributed by atoms with E-state index < -0.39 is 0 Å². The number of hydrogen-bond acceptors (Lipinski definition) is 4. The van der Waals surface area contributed by atoms with Gasteiger partial charge in [-0.05, 0) is 72.7 Å². The van der Waals surface area contributed by atoms with Gasteiger partial charge in [-0.25, -0.2) is 0 Å². The molecule has 1 saturated heterocycles. The van der Waals surface area contributed by atoms with Gasteiger partial charge >= 0.3 is 0 Å². The average molecular weight is 499 g/mol. The first-order valence-corrected chi connectivity index (χ1v) is 13.2. The second-order valence-electron chi connectivity index (χ2n) is 9.75. The molecule has 2 heterocycles. The van der Waals surface area contributed by atoms with E-state index in [-0.39, 0.29) is 17.9 Å².